The quantitative estimate of drug-likeness (QED) is 0.596. The number of nitrogens with zero attached hydrogens (tertiary/aromatic N) is 1. The maximum Gasteiger partial charge on any atom is 0.208 e. The molecular formula is C9H15NO. The lowest BCUT2D eigenvalue weighted by molar-refractivity contribution is 0.282. The molecule has 0 radical (unpaired) electrons. The minimum Gasteiger partial charge on any atom is -0.481 e. The van der Waals surface area contributed by atoms with Gasteiger partial charge in [-0.2, -0.15) is 0 Å². The summed E-state index contributed by atoms with van der Waals surface area (Å²) in [6.45, 7) is 4.42. The lowest BCUT2D eigenvalue weighted by Crippen LogP contribution is -2.12. The number of hydrogen-bond donors (Lipinski definition) is 0. The van der Waals surface area contributed by atoms with Gasteiger partial charge in [-0.1, -0.05) is 13.8 Å². The van der Waals surface area contributed by atoms with Gasteiger partial charge in [0.05, 0.1) is 7.11 Å². The van der Waals surface area contributed by atoms with Crippen LogP contribution in [0.2, 0.25) is 0 Å². The largest absolute Gasteiger partial charge is 0.481 e. The second-order valence-corrected chi connectivity index (χ2v) is 3.17. The van der Waals surface area contributed by atoms with Gasteiger partial charge in [0.25, 0.3) is 0 Å². The van der Waals surface area contributed by atoms with Crippen molar-refractivity contribution in [2.45, 2.75) is 20.3 Å². The Morgan fingerprint density at radius 3 is 2.73 bits per heavy atom. The van der Waals surface area contributed by atoms with Crippen molar-refractivity contribution in [2.24, 2.45) is 16.8 Å². The topological polar surface area (TPSA) is 21.6 Å². The number of allylic oxidation sites excluding steroid dienone is 1. The van der Waals surface area contributed by atoms with Crippen LogP contribution in [-0.2, 0) is 4.74 Å². The lowest BCUT2D eigenvalue weighted by Gasteiger charge is -2.17. The third kappa shape index (κ3) is 2.07. The van der Waals surface area contributed by atoms with Crippen LogP contribution in [0.1, 0.15) is 20.3 Å². The summed E-state index contributed by atoms with van der Waals surface area (Å²) in [6, 6.07) is 0. The van der Waals surface area contributed by atoms with Crippen molar-refractivity contribution < 1.29 is 4.74 Å². The summed E-state index contributed by atoms with van der Waals surface area (Å²) < 4.78 is 4.98. The molecule has 0 aromatic heterocycles. The molecule has 0 saturated heterocycles. The van der Waals surface area contributed by atoms with Gasteiger partial charge in [-0.15, -0.1) is 0 Å². The first-order valence-electron chi connectivity index (χ1n) is 4.02. The molecule has 2 nitrogen and oxygen atoms in total. The van der Waals surface area contributed by atoms with Gasteiger partial charge in [-0.05, 0) is 18.4 Å². The van der Waals surface area contributed by atoms with E-state index in [4.69, 9.17) is 4.74 Å². The molecule has 0 aromatic rings. The lowest BCUT2D eigenvalue weighted by atomic mass is 9.93. The van der Waals surface area contributed by atoms with Crippen LogP contribution in [0, 0.1) is 11.8 Å². The fourth-order valence-electron chi connectivity index (χ4n) is 1.10. The van der Waals surface area contributed by atoms with Crippen molar-refractivity contribution in [1.29, 1.82) is 0 Å². The average molecular weight is 153 g/mol. The average Bonchev–Trinajstić information content (AvgIpc) is 2.05. The summed E-state index contributed by atoms with van der Waals surface area (Å²) in [5.41, 5.74) is 0. The number of ether oxygens (including phenoxy) is 1. The maximum absolute atomic E-state index is 4.98. The molecule has 0 bridgehead atoms. The second-order valence-electron chi connectivity index (χ2n) is 3.17. The van der Waals surface area contributed by atoms with Crippen molar-refractivity contribution in [3.63, 3.8) is 0 Å². The molecule has 1 aliphatic heterocycles. The van der Waals surface area contributed by atoms with E-state index in [0.717, 1.165) is 12.3 Å². The minimum absolute atomic E-state index is 0.592. The zero-order valence-electron chi connectivity index (χ0n) is 7.37. The van der Waals surface area contributed by atoms with Crippen LogP contribution < -0.4 is 0 Å². The van der Waals surface area contributed by atoms with Crippen molar-refractivity contribution >= 4 is 6.21 Å². The number of hydrogen-bond acceptors (Lipinski definition) is 2. The Morgan fingerprint density at radius 1 is 1.64 bits per heavy atom. The summed E-state index contributed by atoms with van der Waals surface area (Å²) in [6.07, 6.45) is 5.10. The van der Waals surface area contributed by atoms with E-state index in [0.29, 0.717) is 11.8 Å². The zero-order valence-corrected chi connectivity index (χ0v) is 7.37. The highest BCUT2D eigenvalue weighted by atomic mass is 16.5. The van der Waals surface area contributed by atoms with Gasteiger partial charge in [-0.25, -0.2) is 4.99 Å². The van der Waals surface area contributed by atoms with E-state index in [1.807, 2.05) is 12.3 Å². The molecule has 1 unspecified atom stereocenters. The van der Waals surface area contributed by atoms with E-state index in [-0.39, 0.29) is 0 Å². The molecule has 1 heterocycles. The normalized spacial score (nSPS) is 23.6. The first kappa shape index (κ1) is 8.31. The van der Waals surface area contributed by atoms with Crippen LogP contribution in [-0.4, -0.2) is 13.3 Å². The molecule has 0 spiro atoms. The summed E-state index contributed by atoms with van der Waals surface area (Å²) >= 11 is 0. The van der Waals surface area contributed by atoms with Gasteiger partial charge in [0.1, 0.15) is 0 Å². The third-order valence-electron chi connectivity index (χ3n) is 2.02. The van der Waals surface area contributed by atoms with E-state index < -0.39 is 0 Å². The molecule has 0 amide bonds. The fourth-order valence-corrected chi connectivity index (χ4v) is 1.10. The molecule has 11 heavy (non-hydrogen) atoms. The van der Waals surface area contributed by atoms with Gasteiger partial charge in [-0.3, -0.25) is 0 Å². The number of methoxy groups -OCH3 is 1. The molecule has 0 saturated carbocycles. The molecule has 0 aromatic carbocycles. The predicted molar refractivity (Wildman–Crippen MR) is 46.5 cm³/mol. The number of rotatable bonds is 2. The Morgan fingerprint density at radius 2 is 2.36 bits per heavy atom. The standard InChI is InChI=1S/C9H15NO/c1-7(2)8-4-5-9(11-3)10-6-8/h5-8H,4H2,1-3H3. The second kappa shape index (κ2) is 3.56. The summed E-state index contributed by atoms with van der Waals surface area (Å²) in [5.74, 6) is 2.02. The highest BCUT2D eigenvalue weighted by Crippen LogP contribution is 2.19. The number of aliphatic imine (C=N–C) groups is 1. The van der Waals surface area contributed by atoms with Crippen LogP contribution >= 0.6 is 0 Å². The Labute approximate surface area is 68.0 Å². The Hall–Kier alpha value is -0.790. The molecule has 0 fully saturated rings. The summed E-state index contributed by atoms with van der Waals surface area (Å²) in [4.78, 5) is 4.16. The smallest absolute Gasteiger partial charge is 0.208 e. The molecular weight excluding hydrogens is 138 g/mol. The predicted octanol–water partition coefficient (Wildman–Crippen LogP) is 2.22. The first-order chi connectivity index (χ1) is 5.24. The minimum atomic E-state index is 0.592. The van der Waals surface area contributed by atoms with Gasteiger partial charge in [0.15, 0.2) is 0 Å². The van der Waals surface area contributed by atoms with Crippen molar-refractivity contribution in [3.8, 4) is 0 Å². The van der Waals surface area contributed by atoms with Crippen molar-refractivity contribution in [2.75, 3.05) is 7.11 Å². The molecule has 1 atom stereocenters. The van der Waals surface area contributed by atoms with Crippen molar-refractivity contribution in [1.82, 2.24) is 0 Å². The van der Waals surface area contributed by atoms with Crippen LogP contribution in [0.15, 0.2) is 17.0 Å². The SMILES string of the molecule is COC1=CCC(C(C)C)C=N1. The summed E-state index contributed by atoms with van der Waals surface area (Å²) in [7, 11) is 1.65. The Kier molecular flexibility index (Phi) is 2.69. The molecule has 2 heteroatoms. The Bertz CT molecular complexity index is 182. The van der Waals surface area contributed by atoms with E-state index in [2.05, 4.69) is 18.8 Å². The maximum atomic E-state index is 4.98. The fraction of sp³-hybridized carbons (Fsp3) is 0.667. The van der Waals surface area contributed by atoms with Gasteiger partial charge >= 0.3 is 0 Å². The highest BCUT2D eigenvalue weighted by Gasteiger charge is 2.13. The molecule has 62 valence electrons. The van der Waals surface area contributed by atoms with E-state index in [1.165, 1.54) is 0 Å². The van der Waals surface area contributed by atoms with E-state index in [1.54, 1.807) is 7.11 Å². The van der Waals surface area contributed by atoms with Crippen LogP contribution in [0.3, 0.4) is 0 Å². The molecule has 1 rings (SSSR count). The summed E-state index contributed by atoms with van der Waals surface area (Å²) in [5, 5.41) is 0. The van der Waals surface area contributed by atoms with Crippen molar-refractivity contribution in [3.05, 3.63) is 12.0 Å². The van der Waals surface area contributed by atoms with Crippen LogP contribution in [0.4, 0.5) is 0 Å². The Balaban J connectivity index is 2.50. The van der Waals surface area contributed by atoms with Gasteiger partial charge in [0, 0.05) is 12.1 Å². The van der Waals surface area contributed by atoms with Gasteiger partial charge in [0.2, 0.25) is 5.88 Å². The van der Waals surface area contributed by atoms with Crippen LogP contribution in [0.5, 0.6) is 0 Å². The van der Waals surface area contributed by atoms with Gasteiger partial charge < -0.3 is 4.74 Å². The molecule has 1 aliphatic rings. The third-order valence-corrected chi connectivity index (χ3v) is 2.02. The zero-order chi connectivity index (χ0) is 8.27. The highest BCUT2D eigenvalue weighted by molar-refractivity contribution is 5.63. The van der Waals surface area contributed by atoms with E-state index >= 15 is 0 Å². The molecule has 0 N–H and O–H groups in total. The first-order valence-corrected chi connectivity index (χ1v) is 4.02. The van der Waals surface area contributed by atoms with E-state index in [9.17, 15) is 0 Å². The molecule has 0 aliphatic carbocycles. The monoisotopic (exact) mass is 153 g/mol. The van der Waals surface area contributed by atoms with Crippen LogP contribution in [0.25, 0.3) is 0 Å².